The molecule has 0 unspecified atom stereocenters. The number of hydrogen-bond donors (Lipinski definition) is 1. The average Bonchev–Trinajstić information content (AvgIpc) is 2.43. The van der Waals surface area contributed by atoms with Crippen molar-refractivity contribution >= 4 is 27.5 Å². The lowest BCUT2D eigenvalue weighted by molar-refractivity contribution is 0.675. The Morgan fingerprint density at radius 3 is 2.53 bits per heavy atom. The molecule has 0 fully saturated rings. The van der Waals surface area contributed by atoms with E-state index in [1.54, 1.807) is 0 Å². The minimum atomic E-state index is 0.763. The van der Waals surface area contributed by atoms with Gasteiger partial charge in [0.1, 0.15) is 0 Å². The second-order valence-corrected chi connectivity index (χ2v) is 5.71. The summed E-state index contributed by atoms with van der Waals surface area (Å²) in [6, 6.07) is 14.5. The molecule has 0 bridgehead atoms. The van der Waals surface area contributed by atoms with Gasteiger partial charge in [0.2, 0.25) is 0 Å². The zero-order valence-corrected chi connectivity index (χ0v) is 13.3. The number of hydrogen-bond acceptors (Lipinski definition) is 1. The molecule has 0 aliphatic rings. The Balaban J connectivity index is 2.16. The largest absolute Gasteiger partial charge is 0.313 e. The number of rotatable bonds is 5. The van der Waals surface area contributed by atoms with E-state index >= 15 is 0 Å². The lowest BCUT2D eigenvalue weighted by Gasteiger charge is -2.08. The highest BCUT2D eigenvalue weighted by Gasteiger charge is 2.06. The fraction of sp³-hybridized carbons (Fsp3) is 0.250. The van der Waals surface area contributed by atoms with Gasteiger partial charge in [-0.3, -0.25) is 0 Å². The highest BCUT2D eigenvalue weighted by atomic mass is 79.9. The van der Waals surface area contributed by atoms with Crippen LogP contribution in [0.4, 0.5) is 0 Å². The summed E-state index contributed by atoms with van der Waals surface area (Å²) in [6.07, 6.45) is 1.16. The first-order chi connectivity index (χ1) is 9.22. The van der Waals surface area contributed by atoms with Gasteiger partial charge < -0.3 is 5.32 Å². The van der Waals surface area contributed by atoms with Crippen molar-refractivity contribution in [3.63, 3.8) is 0 Å². The summed E-state index contributed by atoms with van der Waals surface area (Å²) < 4.78 is 0.931. The Morgan fingerprint density at radius 1 is 1.11 bits per heavy atom. The van der Waals surface area contributed by atoms with E-state index in [0.29, 0.717) is 0 Å². The van der Waals surface area contributed by atoms with Gasteiger partial charge in [0.25, 0.3) is 0 Å². The monoisotopic (exact) mass is 337 g/mol. The van der Waals surface area contributed by atoms with Gasteiger partial charge >= 0.3 is 0 Å². The van der Waals surface area contributed by atoms with Crippen molar-refractivity contribution in [2.75, 3.05) is 6.54 Å². The molecule has 0 radical (unpaired) electrons. The predicted octanol–water partition coefficient (Wildman–Crippen LogP) is 5.27. The van der Waals surface area contributed by atoms with Crippen LogP contribution in [0.25, 0.3) is 11.1 Å². The van der Waals surface area contributed by atoms with Gasteiger partial charge in [0.15, 0.2) is 0 Å². The maximum absolute atomic E-state index is 6.31. The van der Waals surface area contributed by atoms with Crippen molar-refractivity contribution in [3.8, 4) is 11.1 Å². The Labute approximate surface area is 128 Å². The lowest BCUT2D eigenvalue weighted by Crippen LogP contribution is -2.13. The van der Waals surface area contributed by atoms with Gasteiger partial charge in [-0.05, 0) is 46.1 Å². The third-order valence-electron chi connectivity index (χ3n) is 2.97. The third kappa shape index (κ3) is 3.82. The normalized spacial score (nSPS) is 10.7. The van der Waals surface area contributed by atoms with E-state index in [-0.39, 0.29) is 0 Å². The summed E-state index contributed by atoms with van der Waals surface area (Å²) in [7, 11) is 0. The molecule has 19 heavy (non-hydrogen) atoms. The fourth-order valence-electron chi connectivity index (χ4n) is 1.94. The van der Waals surface area contributed by atoms with Crippen LogP contribution in [0.1, 0.15) is 18.9 Å². The molecule has 0 aliphatic carbocycles. The van der Waals surface area contributed by atoms with Gasteiger partial charge in [0, 0.05) is 16.6 Å². The van der Waals surface area contributed by atoms with Gasteiger partial charge in [-0.1, -0.05) is 54.9 Å². The smallest absolute Gasteiger partial charge is 0.0626 e. The summed E-state index contributed by atoms with van der Waals surface area (Å²) >= 11 is 9.77. The van der Waals surface area contributed by atoms with Crippen LogP contribution in [0.3, 0.4) is 0 Å². The van der Waals surface area contributed by atoms with E-state index in [1.165, 1.54) is 5.56 Å². The lowest BCUT2D eigenvalue weighted by atomic mass is 10.0. The fourth-order valence-corrected chi connectivity index (χ4v) is 2.54. The van der Waals surface area contributed by atoms with Gasteiger partial charge in [-0.15, -0.1) is 0 Å². The molecule has 0 aliphatic heterocycles. The third-order valence-corrected chi connectivity index (χ3v) is 4.27. The highest BCUT2D eigenvalue weighted by molar-refractivity contribution is 9.10. The molecular formula is C16H17BrClN. The van der Waals surface area contributed by atoms with E-state index < -0.39 is 0 Å². The van der Waals surface area contributed by atoms with Crippen molar-refractivity contribution in [1.29, 1.82) is 0 Å². The molecule has 0 aromatic heterocycles. The average molecular weight is 339 g/mol. The van der Waals surface area contributed by atoms with E-state index in [1.807, 2.05) is 18.2 Å². The number of benzene rings is 2. The zero-order chi connectivity index (χ0) is 13.7. The summed E-state index contributed by atoms with van der Waals surface area (Å²) in [6.45, 7) is 4.14. The number of nitrogens with one attached hydrogen (secondary N) is 1. The Kier molecular flexibility index (Phi) is 5.44. The van der Waals surface area contributed by atoms with Crippen LogP contribution in [0, 0.1) is 0 Å². The van der Waals surface area contributed by atoms with E-state index in [9.17, 15) is 0 Å². The molecule has 100 valence electrons. The van der Waals surface area contributed by atoms with Crippen molar-refractivity contribution in [2.24, 2.45) is 0 Å². The van der Waals surface area contributed by atoms with Crippen molar-refractivity contribution in [1.82, 2.24) is 5.32 Å². The van der Waals surface area contributed by atoms with Gasteiger partial charge in [0.05, 0.1) is 5.02 Å². The molecule has 0 atom stereocenters. The summed E-state index contributed by atoms with van der Waals surface area (Å²) in [4.78, 5) is 0. The predicted molar refractivity (Wildman–Crippen MR) is 86.6 cm³/mol. The topological polar surface area (TPSA) is 12.0 Å². The summed E-state index contributed by atoms with van der Waals surface area (Å²) in [5.41, 5.74) is 3.50. The second-order valence-electron chi connectivity index (χ2n) is 4.48. The number of halogens is 2. The molecule has 0 spiro atoms. The molecule has 2 aromatic rings. The highest BCUT2D eigenvalue weighted by Crippen LogP contribution is 2.33. The molecule has 1 N–H and O–H groups in total. The first kappa shape index (κ1) is 14.6. The summed E-state index contributed by atoms with van der Waals surface area (Å²) in [5, 5.41) is 4.16. The maximum atomic E-state index is 6.31. The maximum Gasteiger partial charge on any atom is 0.0626 e. The Bertz CT molecular complexity index is 537. The van der Waals surface area contributed by atoms with Gasteiger partial charge in [-0.2, -0.15) is 0 Å². The Hall–Kier alpha value is -0.830. The van der Waals surface area contributed by atoms with E-state index in [0.717, 1.165) is 40.1 Å². The first-order valence-corrected chi connectivity index (χ1v) is 7.63. The van der Waals surface area contributed by atoms with Crippen LogP contribution in [0.2, 0.25) is 5.02 Å². The van der Waals surface area contributed by atoms with Crippen molar-refractivity contribution in [2.45, 2.75) is 19.9 Å². The minimum Gasteiger partial charge on any atom is -0.313 e. The summed E-state index contributed by atoms with van der Waals surface area (Å²) in [5.74, 6) is 0. The molecule has 3 heteroatoms. The molecule has 1 nitrogen and oxygen atoms in total. The van der Waals surface area contributed by atoms with Crippen molar-refractivity contribution in [3.05, 3.63) is 57.5 Å². The molecule has 0 amide bonds. The quantitative estimate of drug-likeness (QED) is 0.732. The first-order valence-electron chi connectivity index (χ1n) is 6.46. The molecular weight excluding hydrogens is 322 g/mol. The van der Waals surface area contributed by atoms with Gasteiger partial charge in [-0.25, -0.2) is 0 Å². The Morgan fingerprint density at radius 2 is 1.84 bits per heavy atom. The molecule has 0 heterocycles. The van der Waals surface area contributed by atoms with Crippen LogP contribution in [-0.2, 0) is 6.54 Å². The molecule has 0 saturated heterocycles. The SMILES string of the molecule is CCCNCc1ccc(-c2cccc(Br)c2Cl)cc1. The molecule has 0 saturated carbocycles. The molecule has 2 aromatic carbocycles. The molecule has 2 rings (SSSR count). The van der Waals surface area contributed by atoms with Crippen LogP contribution in [0.15, 0.2) is 46.9 Å². The standard InChI is InChI=1S/C16H17BrClN/c1-2-10-19-11-12-6-8-13(9-7-12)14-4-3-5-15(17)16(14)18/h3-9,19H,2,10-11H2,1H3. The minimum absolute atomic E-state index is 0.763. The van der Waals surface area contributed by atoms with Crippen LogP contribution in [0.5, 0.6) is 0 Å². The second kappa shape index (κ2) is 7.09. The van der Waals surface area contributed by atoms with Crippen LogP contribution >= 0.6 is 27.5 Å². The van der Waals surface area contributed by atoms with Crippen LogP contribution in [-0.4, -0.2) is 6.54 Å². The van der Waals surface area contributed by atoms with Crippen molar-refractivity contribution < 1.29 is 0 Å². The van der Waals surface area contributed by atoms with Crippen LogP contribution < -0.4 is 5.32 Å². The van der Waals surface area contributed by atoms with E-state index in [4.69, 9.17) is 11.6 Å². The zero-order valence-electron chi connectivity index (χ0n) is 10.9. The van der Waals surface area contributed by atoms with E-state index in [2.05, 4.69) is 52.4 Å².